The fourth-order valence-electron chi connectivity index (χ4n) is 1.59. The van der Waals surface area contributed by atoms with Gasteiger partial charge in [-0.15, -0.1) is 11.3 Å². The molecule has 0 fully saturated rings. The summed E-state index contributed by atoms with van der Waals surface area (Å²) in [5.74, 6) is 0.950. The van der Waals surface area contributed by atoms with E-state index in [-0.39, 0.29) is 12.5 Å². The molecule has 0 aliphatic carbocycles. The van der Waals surface area contributed by atoms with Crippen molar-refractivity contribution in [2.45, 2.75) is 19.4 Å². The Morgan fingerprint density at radius 1 is 1.58 bits per heavy atom. The van der Waals surface area contributed by atoms with Crippen LogP contribution in [0.25, 0.3) is 0 Å². The van der Waals surface area contributed by atoms with Gasteiger partial charge in [-0.05, 0) is 48.0 Å². The molecular weight excluding hydrogens is 330 g/mol. The molecule has 19 heavy (non-hydrogen) atoms. The minimum atomic E-state index is -1.23. The number of thiophene rings is 1. The molecule has 0 radical (unpaired) electrons. The number of halogens is 1. The topological polar surface area (TPSA) is 62.5 Å². The molecule has 0 aliphatic rings. The summed E-state index contributed by atoms with van der Waals surface area (Å²) in [5, 5.41) is 14.7. The van der Waals surface area contributed by atoms with Crippen molar-refractivity contribution in [1.29, 1.82) is 0 Å². The molecule has 1 atom stereocenters. The molecule has 2 aromatic rings. The lowest BCUT2D eigenvalue weighted by Crippen LogP contribution is -2.38. The highest BCUT2D eigenvalue weighted by Crippen LogP contribution is 2.23. The fourth-order valence-corrected chi connectivity index (χ4v) is 2.73. The molecule has 2 heterocycles. The molecule has 0 spiro atoms. The predicted molar refractivity (Wildman–Crippen MR) is 77.4 cm³/mol. The standard InChI is InChI=1S/C13H14BrNO3S/c1-8-3-4-10(18-8)13(2,17)7-15-12(16)9-5-11(14)19-6-9/h3-6,17H,7H2,1-2H3,(H,15,16). The first-order valence-corrected chi connectivity index (χ1v) is 7.37. The van der Waals surface area contributed by atoms with Crippen molar-refractivity contribution in [1.82, 2.24) is 5.32 Å². The maximum Gasteiger partial charge on any atom is 0.252 e. The van der Waals surface area contributed by atoms with E-state index in [2.05, 4.69) is 21.2 Å². The van der Waals surface area contributed by atoms with Crippen LogP contribution in [0.2, 0.25) is 0 Å². The summed E-state index contributed by atoms with van der Waals surface area (Å²) >= 11 is 4.75. The molecule has 2 rings (SSSR count). The third kappa shape index (κ3) is 3.46. The van der Waals surface area contributed by atoms with Gasteiger partial charge in [-0.3, -0.25) is 4.79 Å². The molecule has 4 nitrogen and oxygen atoms in total. The number of aliphatic hydroxyl groups is 1. The van der Waals surface area contributed by atoms with Gasteiger partial charge in [0.2, 0.25) is 0 Å². The lowest BCUT2D eigenvalue weighted by Gasteiger charge is -2.21. The van der Waals surface area contributed by atoms with Gasteiger partial charge in [0.15, 0.2) is 0 Å². The van der Waals surface area contributed by atoms with Gasteiger partial charge < -0.3 is 14.8 Å². The molecule has 1 amide bonds. The molecule has 102 valence electrons. The monoisotopic (exact) mass is 343 g/mol. The molecule has 2 aromatic heterocycles. The van der Waals surface area contributed by atoms with Crippen molar-refractivity contribution in [2.24, 2.45) is 0 Å². The normalized spacial score (nSPS) is 14.1. The first kappa shape index (κ1) is 14.3. The molecular formula is C13H14BrNO3S. The number of carbonyl (C=O) groups excluding carboxylic acids is 1. The maximum atomic E-state index is 11.9. The lowest BCUT2D eigenvalue weighted by atomic mass is 10.0. The summed E-state index contributed by atoms with van der Waals surface area (Å²) in [7, 11) is 0. The number of rotatable bonds is 4. The summed E-state index contributed by atoms with van der Waals surface area (Å²) in [5.41, 5.74) is -0.653. The van der Waals surface area contributed by atoms with Gasteiger partial charge in [0.25, 0.3) is 5.91 Å². The summed E-state index contributed by atoms with van der Waals surface area (Å²) < 4.78 is 6.28. The molecule has 0 saturated carbocycles. The third-order valence-corrected chi connectivity index (χ3v) is 4.20. The minimum absolute atomic E-state index is 0.0895. The van der Waals surface area contributed by atoms with Gasteiger partial charge in [0.1, 0.15) is 17.1 Å². The number of carbonyl (C=O) groups is 1. The number of amides is 1. The Bertz CT molecular complexity index is 588. The first-order valence-electron chi connectivity index (χ1n) is 5.70. The zero-order chi connectivity index (χ0) is 14.0. The highest BCUT2D eigenvalue weighted by Gasteiger charge is 2.27. The number of hydrogen-bond acceptors (Lipinski definition) is 4. The lowest BCUT2D eigenvalue weighted by molar-refractivity contribution is 0.0323. The van der Waals surface area contributed by atoms with Crippen molar-refractivity contribution >= 4 is 33.2 Å². The molecule has 0 aliphatic heterocycles. The van der Waals surface area contributed by atoms with Gasteiger partial charge >= 0.3 is 0 Å². The quantitative estimate of drug-likeness (QED) is 0.896. The Labute approximate surface area is 123 Å². The first-order chi connectivity index (χ1) is 8.88. The van der Waals surface area contributed by atoms with Crippen molar-refractivity contribution in [3.05, 3.63) is 44.4 Å². The molecule has 0 aromatic carbocycles. The van der Waals surface area contributed by atoms with Crippen LogP contribution in [-0.4, -0.2) is 17.6 Å². The van der Waals surface area contributed by atoms with Crippen LogP contribution in [0.4, 0.5) is 0 Å². The van der Waals surface area contributed by atoms with E-state index in [0.717, 1.165) is 9.55 Å². The van der Waals surface area contributed by atoms with Crippen LogP contribution < -0.4 is 5.32 Å². The van der Waals surface area contributed by atoms with E-state index in [1.807, 2.05) is 0 Å². The number of furan rings is 1. The Kier molecular flexibility index (Phi) is 4.13. The predicted octanol–water partition coefficient (Wildman–Crippen LogP) is 3.05. The van der Waals surface area contributed by atoms with E-state index < -0.39 is 5.60 Å². The van der Waals surface area contributed by atoms with E-state index in [1.54, 1.807) is 37.4 Å². The van der Waals surface area contributed by atoms with Gasteiger partial charge in [-0.25, -0.2) is 0 Å². The Morgan fingerprint density at radius 2 is 2.32 bits per heavy atom. The van der Waals surface area contributed by atoms with Crippen molar-refractivity contribution < 1.29 is 14.3 Å². The molecule has 0 saturated heterocycles. The van der Waals surface area contributed by atoms with Crippen LogP contribution in [0.5, 0.6) is 0 Å². The highest BCUT2D eigenvalue weighted by atomic mass is 79.9. The Hall–Kier alpha value is -1.11. The van der Waals surface area contributed by atoms with Crippen LogP contribution in [0, 0.1) is 6.92 Å². The van der Waals surface area contributed by atoms with E-state index in [9.17, 15) is 9.90 Å². The van der Waals surface area contributed by atoms with E-state index >= 15 is 0 Å². The zero-order valence-corrected chi connectivity index (χ0v) is 13.0. The number of hydrogen-bond donors (Lipinski definition) is 2. The third-order valence-electron chi connectivity index (χ3n) is 2.69. The smallest absolute Gasteiger partial charge is 0.252 e. The summed E-state index contributed by atoms with van der Waals surface area (Å²) in [6, 6.07) is 5.23. The molecule has 6 heteroatoms. The van der Waals surface area contributed by atoms with E-state index in [4.69, 9.17) is 4.42 Å². The van der Waals surface area contributed by atoms with Crippen LogP contribution in [-0.2, 0) is 5.60 Å². The van der Waals surface area contributed by atoms with Crippen molar-refractivity contribution in [3.8, 4) is 0 Å². The molecule has 2 N–H and O–H groups in total. The Balaban J connectivity index is 2.00. The summed E-state index contributed by atoms with van der Waals surface area (Å²) in [6.07, 6.45) is 0. The van der Waals surface area contributed by atoms with Gasteiger partial charge in [0.05, 0.1) is 15.9 Å². The minimum Gasteiger partial charge on any atom is -0.463 e. The van der Waals surface area contributed by atoms with Crippen molar-refractivity contribution in [3.63, 3.8) is 0 Å². The average molecular weight is 344 g/mol. The van der Waals surface area contributed by atoms with E-state index in [0.29, 0.717) is 11.3 Å². The van der Waals surface area contributed by atoms with Crippen LogP contribution in [0.3, 0.4) is 0 Å². The second-order valence-corrected chi connectivity index (χ2v) is 6.80. The maximum absolute atomic E-state index is 11.9. The second-order valence-electron chi connectivity index (χ2n) is 4.51. The SMILES string of the molecule is Cc1ccc(C(C)(O)CNC(=O)c2csc(Br)c2)o1. The number of nitrogens with one attached hydrogen (secondary N) is 1. The fraction of sp³-hybridized carbons (Fsp3) is 0.308. The highest BCUT2D eigenvalue weighted by molar-refractivity contribution is 9.11. The van der Waals surface area contributed by atoms with Crippen molar-refractivity contribution in [2.75, 3.05) is 6.54 Å². The Morgan fingerprint density at radius 3 is 2.84 bits per heavy atom. The molecule has 0 bridgehead atoms. The zero-order valence-electron chi connectivity index (χ0n) is 10.6. The summed E-state index contributed by atoms with van der Waals surface area (Å²) in [4.78, 5) is 11.9. The van der Waals surface area contributed by atoms with Gasteiger partial charge in [-0.1, -0.05) is 0 Å². The van der Waals surface area contributed by atoms with E-state index in [1.165, 1.54) is 11.3 Å². The van der Waals surface area contributed by atoms with Gasteiger partial charge in [0, 0.05) is 5.38 Å². The second kappa shape index (κ2) is 5.48. The number of aryl methyl sites for hydroxylation is 1. The molecule has 1 unspecified atom stereocenters. The average Bonchev–Trinajstić information content (AvgIpc) is 2.95. The largest absolute Gasteiger partial charge is 0.463 e. The van der Waals surface area contributed by atoms with Crippen LogP contribution in [0.15, 0.2) is 31.8 Å². The van der Waals surface area contributed by atoms with Gasteiger partial charge in [-0.2, -0.15) is 0 Å². The van der Waals surface area contributed by atoms with Crippen LogP contribution in [0.1, 0.15) is 28.8 Å². The summed E-state index contributed by atoms with van der Waals surface area (Å²) in [6.45, 7) is 3.50. The van der Waals surface area contributed by atoms with Crippen LogP contribution >= 0.6 is 27.3 Å².